The maximum atomic E-state index is 6.45. The van der Waals surface area contributed by atoms with E-state index in [4.69, 9.17) is 25.8 Å². The maximum Gasteiger partial charge on any atom is 0.203 e. The fraction of sp³-hybridized carbons (Fsp3) is 0.400. The van der Waals surface area contributed by atoms with Gasteiger partial charge in [-0.25, -0.2) is 0 Å². The van der Waals surface area contributed by atoms with E-state index in [0.29, 0.717) is 17.2 Å². The number of hydrogen-bond acceptors (Lipinski definition) is 5. The van der Waals surface area contributed by atoms with Gasteiger partial charge in [-0.05, 0) is 29.3 Å². The Bertz CT molecular complexity index is 729. The first-order chi connectivity index (χ1) is 12.7. The number of piperazine rings is 1. The van der Waals surface area contributed by atoms with Gasteiger partial charge in [-0.3, -0.25) is 4.90 Å². The van der Waals surface area contributed by atoms with Crippen molar-refractivity contribution in [3.63, 3.8) is 0 Å². The Morgan fingerprint density at radius 2 is 1.77 bits per heavy atom. The van der Waals surface area contributed by atoms with Crippen LogP contribution >= 0.6 is 11.6 Å². The Balaban J connectivity index is 1.90. The Labute approximate surface area is 159 Å². The van der Waals surface area contributed by atoms with Gasteiger partial charge >= 0.3 is 0 Å². The number of nitrogens with one attached hydrogen (secondary N) is 1. The summed E-state index contributed by atoms with van der Waals surface area (Å²) in [6.07, 6.45) is 0. The molecule has 1 atom stereocenters. The van der Waals surface area contributed by atoms with Gasteiger partial charge in [0.15, 0.2) is 11.5 Å². The molecule has 140 valence electrons. The summed E-state index contributed by atoms with van der Waals surface area (Å²) in [6.45, 7) is 3.53. The van der Waals surface area contributed by atoms with Crippen molar-refractivity contribution in [2.75, 3.05) is 41.0 Å². The first-order valence-corrected chi connectivity index (χ1v) is 9.03. The second kappa shape index (κ2) is 8.62. The fourth-order valence-corrected chi connectivity index (χ4v) is 3.71. The van der Waals surface area contributed by atoms with Crippen molar-refractivity contribution in [1.29, 1.82) is 0 Å². The van der Waals surface area contributed by atoms with Crippen LogP contribution in [-0.2, 0) is 6.54 Å². The Hall–Kier alpha value is -1.95. The summed E-state index contributed by atoms with van der Waals surface area (Å²) >= 11 is 6.45. The second-order valence-corrected chi connectivity index (χ2v) is 6.65. The van der Waals surface area contributed by atoms with Crippen LogP contribution in [0.4, 0.5) is 0 Å². The van der Waals surface area contributed by atoms with Crippen LogP contribution in [0.25, 0.3) is 0 Å². The van der Waals surface area contributed by atoms with E-state index in [0.717, 1.165) is 42.3 Å². The molecular formula is C20H25ClN2O3. The molecule has 26 heavy (non-hydrogen) atoms. The largest absolute Gasteiger partial charge is 0.493 e. The smallest absolute Gasteiger partial charge is 0.203 e. The van der Waals surface area contributed by atoms with Crippen molar-refractivity contribution in [3.8, 4) is 17.2 Å². The third-order valence-electron chi connectivity index (χ3n) is 4.73. The Kier molecular flexibility index (Phi) is 6.25. The third kappa shape index (κ3) is 3.90. The summed E-state index contributed by atoms with van der Waals surface area (Å²) in [5.74, 6) is 1.96. The van der Waals surface area contributed by atoms with E-state index in [-0.39, 0.29) is 6.04 Å². The summed E-state index contributed by atoms with van der Waals surface area (Å²) in [4.78, 5) is 2.43. The molecule has 1 fully saturated rings. The van der Waals surface area contributed by atoms with Gasteiger partial charge in [-0.15, -0.1) is 0 Å². The van der Waals surface area contributed by atoms with Gasteiger partial charge in [0.25, 0.3) is 0 Å². The lowest BCUT2D eigenvalue weighted by molar-refractivity contribution is 0.153. The maximum absolute atomic E-state index is 6.45. The van der Waals surface area contributed by atoms with Gasteiger partial charge in [0.1, 0.15) is 0 Å². The molecule has 1 aliphatic rings. The molecule has 1 heterocycles. The monoisotopic (exact) mass is 376 g/mol. The highest BCUT2D eigenvalue weighted by Crippen LogP contribution is 2.39. The van der Waals surface area contributed by atoms with Crippen LogP contribution in [-0.4, -0.2) is 45.9 Å². The van der Waals surface area contributed by atoms with Gasteiger partial charge in [0.05, 0.1) is 21.3 Å². The van der Waals surface area contributed by atoms with Crippen LogP contribution in [0.3, 0.4) is 0 Å². The Morgan fingerprint density at radius 3 is 2.38 bits per heavy atom. The summed E-state index contributed by atoms with van der Waals surface area (Å²) in [6, 6.07) is 12.3. The standard InChI is InChI=1S/C20H25ClN2O3/c1-24-18-10-14(11-19(25-2)20(18)26-3)13-23-9-8-22-12-17(23)15-6-4-5-7-16(15)21/h4-7,10-11,17,22H,8-9,12-13H2,1-3H3. The zero-order chi connectivity index (χ0) is 18.5. The molecule has 0 bridgehead atoms. The van der Waals surface area contributed by atoms with Gasteiger partial charge in [-0.2, -0.15) is 0 Å². The molecule has 3 rings (SSSR count). The van der Waals surface area contributed by atoms with E-state index in [1.807, 2.05) is 30.3 Å². The third-order valence-corrected chi connectivity index (χ3v) is 5.07. The zero-order valence-electron chi connectivity index (χ0n) is 15.4. The van der Waals surface area contributed by atoms with Crippen LogP contribution in [0.1, 0.15) is 17.2 Å². The molecule has 0 aliphatic carbocycles. The summed E-state index contributed by atoms with van der Waals surface area (Å²) in [5, 5.41) is 4.27. The van der Waals surface area contributed by atoms with Crippen LogP contribution in [0.15, 0.2) is 36.4 Å². The lowest BCUT2D eigenvalue weighted by Gasteiger charge is -2.37. The molecule has 5 nitrogen and oxygen atoms in total. The summed E-state index contributed by atoms with van der Waals surface area (Å²) in [5.41, 5.74) is 2.26. The van der Waals surface area contributed by atoms with E-state index in [1.165, 1.54) is 0 Å². The van der Waals surface area contributed by atoms with Crippen molar-refractivity contribution in [2.24, 2.45) is 0 Å². The number of hydrogen-bond donors (Lipinski definition) is 1. The minimum absolute atomic E-state index is 0.219. The lowest BCUT2D eigenvalue weighted by Crippen LogP contribution is -2.45. The second-order valence-electron chi connectivity index (χ2n) is 6.25. The van der Waals surface area contributed by atoms with Gasteiger partial charge < -0.3 is 19.5 Å². The molecule has 6 heteroatoms. The molecule has 0 spiro atoms. The normalized spacial score (nSPS) is 17.8. The summed E-state index contributed by atoms with van der Waals surface area (Å²) in [7, 11) is 4.89. The number of ether oxygens (including phenoxy) is 3. The predicted octanol–water partition coefficient (Wildman–Crippen LogP) is 3.51. The number of rotatable bonds is 6. The van der Waals surface area contributed by atoms with Crippen LogP contribution in [0.5, 0.6) is 17.2 Å². The van der Waals surface area contributed by atoms with Crippen molar-refractivity contribution < 1.29 is 14.2 Å². The van der Waals surface area contributed by atoms with Crippen LogP contribution in [0.2, 0.25) is 5.02 Å². The first kappa shape index (κ1) is 18.8. The van der Waals surface area contributed by atoms with Crippen molar-refractivity contribution in [1.82, 2.24) is 10.2 Å². The van der Waals surface area contributed by atoms with E-state index >= 15 is 0 Å². The van der Waals surface area contributed by atoms with Gasteiger partial charge in [0.2, 0.25) is 5.75 Å². The summed E-state index contributed by atoms with van der Waals surface area (Å²) < 4.78 is 16.4. The minimum Gasteiger partial charge on any atom is -0.493 e. The molecule has 1 saturated heterocycles. The van der Waals surface area contributed by atoms with Crippen molar-refractivity contribution in [3.05, 3.63) is 52.5 Å². The molecule has 1 aliphatic heterocycles. The number of benzene rings is 2. The number of methoxy groups -OCH3 is 3. The number of halogens is 1. The molecule has 0 amide bonds. The molecule has 1 N–H and O–H groups in total. The fourth-order valence-electron chi connectivity index (χ4n) is 3.45. The van der Waals surface area contributed by atoms with Gasteiger partial charge in [0, 0.05) is 37.2 Å². The predicted molar refractivity (Wildman–Crippen MR) is 104 cm³/mol. The molecule has 0 radical (unpaired) electrons. The Morgan fingerprint density at radius 1 is 1.08 bits per heavy atom. The van der Waals surface area contributed by atoms with Crippen LogP contribution < -0.4 is 19.5 Å². The van der Waals surface area contributed by atoms with E-state index < -0.39 is 0 Å². The van der Waals surface area contributed by atoms with Crippen molar-refractivity contribution in [2.45, 2.75) is 12.6 Å². The molecular weight excluding hydrogens is 352 g/mol. The number of nitrogens with zero attached hydrogens (tertiary/aromatic N) is 1. The quantitative estimate of drug-likeness (QED) is 0.835. The topological polar surface area (TPSA) is 43.0 Å². The van der Waals surface area contributed by atoms with Gasteiger partial charge in [-0.1, -0.05) is 29.8 Å². The highest BCUT2D eigenvalue weighted by atomic mass is 35.5. The van der Waals surface area contributed by atoms with E-state index in [1.54, 1.807) is 21.3 Å². The van der Waals surface area contributed by atoms with E-state index in [2.05, 4.69) is 16.3 Å². The highest BCUT2D eigenvalue weighted by Gasteiger charge is 2.26. The highest BCUT2D eigenvalue weighted by molar-refractivity contribution is 6.31. The SMILES string of the molecule is COc1cc(CN2CCNCC2c2ccccc2Cl)cc(OC)c1OC. The molecule has 2 aromatic carbocycles. The van der Waals surface area contributed by atoms with Crippen molar-refractivity contribution >= 4 is 11.6 Å². The lowest BCUT2D eigenvalue weighted by atomic mass is 10.0. The average molecular weight is 377 g/mol. The molecule has 2 aromatic rings. The molecule has 0 aromatic heterocycles. The van der Waals surface area contributed by atoms with E-state index in [9.17, 15) is 0 Å². The zero-order valence-corrected chi connectivity index (χ0v) is 16.2. The average Bonchev–Trinajstić information content (AvgIpc) is 2.68. The van der Waals surface area contributed by atoms with Crippen LogP contribution in [0, 0.1) is 0 Å². The molecule has 1 unspecified atom stereocenters. The molecule has 0 saturated carbocycles. The first-order valence-electron chi connectivity index (χ1n) is 8.66. The minimum atomic E-state index is 0.219.